The van der Waals surface area contributed by atoms with Gasteiger partial charge in [0.25, 0.3) is 5.91 Å². The Hall–Kier alpha value is -1.15. The Morgan fingerprint density at radius 2 is 1.56 bits per heavy atom. The van der Waals surface area contributed by atoms with Crippen LogP contribution in [-0.2, 0) is 10.0 Å². The highest BCUT2D eigenvalue weighted by Gasteiger charge is 2.36. The number of piperidine rings is 1. The molecule has 140 valence electrons. The molecule has 0 radical (unpaired) electrons. The van der Waals surface area contributed by atoms with E-state index in [1.165, 1.54) is 43.4 Å². The molecule has 1 aromatic carbocycles. The van der Waals surface area contributed by atoms with Crippen LogP contribution in [0.1, 0.15) is 36.0 Å². The Bertz CT molecular complexity index is 709. The number of benzene rings is 1. The van der Waals surface area contributed by atoms with E-state index in [4.69, 9.17) is 0 Å². The van der Waals surface area contributed by atoms with Crippen molar-refractivity contribution in [2.75, 3.05) is 21.1 Å². The van der Waals surface area contributed by atoms with E-state index in [9.17, 15) is 13.2 Å². The van der Waals surface area contributed by atoms with Gasteiger partial charge in [-0.25, -0.2) is 12.7 Å². The van der Waals surface area contributed by atoms with Gasteiger partial charge in [-0.2, -0.15) is 0 Å². The fourth-order valence-electron chi connectivity index (χ4n) is 3.69. The maximum Gasteiger partial charge on any atom is 0.253 e. The summed E-state index contributed by atoms with van der Waals surface area (Å²) in [5.74, 6) is -0.0462. The zero-order chi connectivity index (χ0) is 17.5. The molecular formula is C17H26ClN3O3S. The number of nitrogens with zero attached hydrogens (tertiary/aromatic N) is 2. The quantitative estimate of drug-likeness (QED) is 0.853. The highest BCUT2D eigenvalue weighted by molar-refractivity contribution is 7.89. The zero-order valence-electron chi connectivity index (χ0n) is 14.8. The molecule has 1 amide bonds. The van der Waals surface area contributed by atoms with Gasteiger partial charge in [0, 0.05) is 44.8 Å². The van der Waals surface area contributed by atoms with E-state index in [1.807, 2.05) is 11.9 Å². The van der Waals surface area contributed by atoms with Gasteiger partial charge in [0.05, 0.1) is 4.90 Å². The van der Waals surface area contributed by atoms with E-state index in [-0.39, 0.29) is 29.3 Å². The average molecular weight is 388 g/mol. The zero-order valence-corrected chi connectivity index (χ0v) is 16.4. The molecule has 0 spiro atoms. The molecule has 0 saturated carbocycles. The second-order valence-electron chi connectivity index (χ2n) is 6.99. The Balaban J connectivity index is 0.00000225. The van der Waals surface area contributed by atoms with E-state index in [0.717, 1.165) is 12.8 Å². The van der Waals surface area contributed by atoms with Crippen molar-refractivity contribution in [3.05, 3.63) is 29.8 Å². The topological polar surface area (TPSA) is 69.7 Å². The minimum Gasteiger partial charge on any atom is -0.339 e. The van der Waals surface area contributed by atoms with Crippen LogP contribution < -0.4 is 5.32 Å². The number of amides is 1. The summed E-state index contributed by atoms with van der Waals surface area (Å²) in [6.07, 6.45) is 4.37. The van der Waals surface area contributed by atoms with E-state index in [2.05, 4.69) is 5.32 Å². The predicted octanol–water partition coefficient (Wildman–Crippen LogP) is 1.71. The minimum atomic E-state index is -3.47. The van der Waals surface area contributed by atoms with Gasteiger partial charge in [-0.05, 0) is 49.9 Å². The van der Waals surface area contributed by atoms with Gasteiger partial charge in [0.15, 0.2) is 0 Å². The molecule has 0 aliphatic carbocycles. The lowest BCUT2D eigenvalue weighted by Gasteiger charge is -2.35. The molecule has 8 heteroatoms. The first-order chi connectivity index (χ1) is 11.3. The SMILES string of the molecule is CN(C(=O)c1ccc(S(=O)(=O)N(C)C)cc1)C1CC2CCC(C1)N2.Cl. The van der Waals surface area contributed by atoms with Crippen molar-refractivity contribution >= 4 is 28.3 Å². The lowest BCUT2D eigenvalue weighted by atomic mass is 9.98. The minimum absolute atomic E-state index is 0. The molecule has 25 heavy (non-hydrogen) atoms. The highest BCUT2D eigenvalue weighted by atomic mass is 35.5. The first kappa shape index (κ1) is 20.2. The summed E-state index contributed by atoms with van der Waals surface area (Å²) in [7, 11) is 1.37. The molecule has 3 rings (SSSR count). The first-order valence-corrected chi connectivity index (χ1v) is 9.79. The van der Waals surface area contributed by atoms with Crippen molar-refractivity contribution in [3.8, 4) is 0 Å². The lowest BCUT2D eigenvalue weighted by Crippen LogP contribution is -2.48. The maximum absolute atomic E-state index is 12.7. The summed E-state index contributed by atoms with van der Waals surface area (Å²) < 4.78 is 25.4. The van der Waals surface area contributed by atoms with Crippen LogP contribution in [-0.4, -0.2) is 62.8 Å². The van der Waals surface area contributed by atoms with Crippen LogP contribution in [0.4, 0.5) is 0 Å². The van der Waals surface area contributed by atoms with Crippen LogP contribution in [0, 0.1) is 0 Å². The third-order valence-corrected chi connectivity index (χ3v) is 7.03. The van der Waals surface area contributed by atoms with Crippen molar-refractivity contribution in [1.82, 2.24) is 14.5 Å². The monoisotopic (exact) mass is 387 g/mol. The number of fused-ring (bicyclic) bond motifs is 2. The number of sulfonamides is 1. The summed E-state index contributed by atoms with van der Waals surface area (Å²) in [5, 5.41) is 3.58. The van der Waals surface area contributed by atoms with Gasteiger partial charge < -0.3 is 10.2 Å². The molecule has 1 aromatic rings. The summed E-state index contributed by atoms with van der Waals surface area (Å²) in [6.45, 7) is 0. The van der Waals surface area contributed by atoms with Crippen LogP contribution in [0.2, 0.25) is 0 Å². The summed E-state index contributed by atoms with van der Waals surface area (Å²) in [4.78, 5) is 14.7. The Labute approximate surface area is 156 Å². The third-order valence-electron chi connectivity index (χ3n) is 5.20. The molecule has 2 fully saturated rings. The van der Waals surface area contributed by atoms with Gasteiger partial charge >= 0.3 is 0 Å². The normalized spacial score (nSPS) is 25.5. The molecule has 0 aromatic heterocycles. The highest BCUT2D eigenvalue weighted by Crippen LogP contribution is 2.30. The van der Waals surface area contributed by atoms with E-state index in [0.29, 0.717) is 17.6 Å². The molecule has 2 unspecified atom stereocenters. The van der Waals surface area contributed by atoms with Crippen LogP contribution in [0.15, 0.2) is 29.2 Å². The van der Waals surface area contributed by atoms with Gasteiger partial charge in [-0.3, -0.25) is 4.79 Å². The van der Waals surface area contributed by atoms with E-state index in [1.54, 1.807) is 12.1 Å². The van der Waals surface area contributed by atoms with Crippen LogP contribution in [0.25, 0.3) is 0 Å². The molecule has 6 nitrogen and oxygen atoms in total. The van der Waals surface area contributed by atoms with Crippen LogP contribution >= 0.6 is 12.4 Å². The maximum atomic E-state index is 12.7. The Morgan fingerprint density at radius 1 is 1.04 bits per heavy atom. The molecule has 1 N–H and O–H groups in total. The number of hydrogen-bond acceptors (Lipinski definition) is 4. The fourth-order valence-corrected chi connectivity index (χ4v) is 4.59. The molecule has 2 bridgehead atoms. The van der Waals surface area contributed by atoms with Crippen molar-refractivity contribution in [1.29, 1.82) is 0 Å². The number of nitrogens with one attached hydrogen (secondary N) is 1. The fraction of sp³-hybridized carbons (Fsp3) is 0.588. The lowest BCUT2D eigenvalue weighted by molar-refractivity contribution is 0.0681. The molecule has 2 aliphatic heterocycles. The van der Waals surface area contributed by atoms with Crippen molar-refractivity contribution in [2.24, 2.45) is 0 Å². The average Bonchev–Trinajstić information content (AvgIpc) is 2.91. The largest absolute Gasteiger partial charge is 0.339 e. The first-order valence-electron chi connectivity index (χ1n) is 8.35. The number of halogens is 1. The van der Waals surface area contributed by atoms with Crippen LogP contribution in [0.3, 0.4) is 0 Å². The second kappa shape index (κ2) is 7.61. The van der Waals surface area contributed by atoms with Gasteiger partial charge in [-0.1, -0.05) is 0 Å². The van der Waals surface area contributed by atoms with Crippen LogP contribution in [0.5, 0.6) is 0 Å². The summed E-state index contributed by atoms with van der Waals surface area (Å²) >= 11 is 0. The van der Waals surface area contributed by atoms with Gasteiger partial charge in [-0.15, -0.1) is 12.4 Å². The standard InChI is InChI=1S/C17H25N3O3S.ClH/c1-19(2)24(22,23)16-8-4-12(5-9-16)17(21)20(3)15-10-13-6-7-14(11-15)18-13;/h4-5,8-9,13-15,18H,6-7,10-11H2,1-3H3;1H. The predicted molar refractivity (Wildman–Crippen MR) is 99.6 cm³/mol. The molecule has 2 saturated heterocycles. The number of hydrogen-bond donors (Lipinski definition) is 1. The second-order valence-corrected chi connectivity index (χ2v) is 9.14. The smallest absolute Gasteiger partial charge is 0.253 e. The van der Waals surface area contributed by atoms with Crippen molar-refractivity contribution in [3.63, 3.8) is 0 Å². The van der Waals surface area contributed by atoms with Crippen molar-refractivity contribution in [2.45, 2.75) is 48.7 Å². The summed E-state index contributed by atoms with van der Waals surface area (Å²) in [5.41, 5.74) is 0.529. The molecule has 2 aliphatic rings. The van der Waals surface area contributed by atoms with E-state index < -0.39 is 10.0 Å². The van der Waals surface area contributed by atoms with Crippen molar-refractivity contribution < 1.29 is 13.2 Å². The molecular weight excluding hydrogens is 362 g/mol. The Kier molecular flexibility index (Phi) is 6.14. The van der Waals surface area contributed by atoms with Gasteiger partial charge in [0.1, 0.15) is 0 Å². The number of rotatable bonds is 4. The summed E-state index contributed by atoms with van der Waals surface area (Å²) in [6, 6.07) is 7.51. The number of carbonyl (C=O) groups excluding carboxylic acids is 1. The molecule has 2 heterocycles. The third kappa shape index (κ3) is 4.00. The molecule has 2 atom stereocenters. The van der Waals surface area contributed by atoms with E-state index >= 15 is 0 Å². The van der Waals surface area contributed by atoms with Gasteiger partial charge in [0.2, 0.25) is 10.0 Å². The Morgan fingerprint density at radius 3 is 2.04 bits per heavy atom. The number of carbonyl (C=O) groups is 1.